The van der Waals surface area contributed by atoms with Crippen LogP contribution in [0.2, 0.25) is 0 Å². The van der Waals surface area contributed by atoms with Crippen molar-refractivity contribution in [3.8, 4) is 0 Å². The molecule has 1 spiro atoms. The zero-order valence-corrected chi connectivity index (χ0v) is 6.86. The van der Waals surface area contributed by atoms with Gasteiger partial charge in [-0.05, 0) is 12.2 Å². The molecular weight excluding hydrogens is 172 g/mol. The lowest BCUT2D eigenvalue weighted by atomic mass is 9.85. The minimum absolute atomic E-state index is 0.0106. The lowest BCUT2D eigenvalue weighted by molar-refractivity contribution is -0.157. The van der Waals surface area contributed by atoms with Crippen LogP contribution >= 0.6 is 0 Å². The van der Waals surface area contributed by atoms with Crippen molar-refractivity contribution in [1.82, 2.24) is 0 Å². The number of epoxide rings is 1. The Kier molecular flexibility index (Phi) is 1.12. The first kappa shape index (κ1) is 7.26. The Morgan fingerprint density at radius 1 is 1.46 bits per heavy atom. The third kappa shape index (κ3) is 0.785. The first-order chi connectivity index (χ1) is 6.22. The number of ketones is 1. The standard InChI is InChI=1S/C9H8O4/c10-6-2-1-5-8(12-5)9(6)4-3-7(11)13-9/h1-2,5,8H,3-4H2/t5-,8-,9-/m1/s1. The van der Waals surface area contributed by atoms with Crippen LogP contribution in [0.1, 0.15) is 12.8 Å². The van der Waals surface area contributed by atoms with Crippen molar-refractivity contribution >= 4 is 11.8 Å². The molecule has 0 aromatic carbocycles. The van der Waals surface area contributed by atoms with E-state index in [2.05, 4.69) is 0 Å². The van der Waals surface area contributed by atoms with Crippen molar-refractivity contribution in [1.29, 1.82) is 0 Å². The van der Waals surface area contributed by atoms with Crippen LogP contribution < -0.4 is 0 Å². The van der Waals surface area contributed by atoms with Gasteiger partial charge in [0.15, 0.2) is 0 Å². The molecule has 4 heteroatoms. The zero-order valence-electron chi connectivity index (χ0n) is 6.86. The van der Waals surface area contributed by atoms with Gasteiger partial charge in [-0.15, -0.1) is 0 Å². The number of esters is 1. The largest absolute Gasteiger partial charge is 0.448 e. The Bertz CT molecular complexity index is 333. The Labute approximate surface area is 74.5 Å². The fourth-order valence-corrected chi connectivity index (χ4v) is 2.08. The van der Waals surface area contributed by atoms with E-state index in [9.17, 15) is 9.59 Å². The molecule has 13 heavy (non-hydrogen) atoms. The highest BCUT2D eigenvalue weighted by molar-refractivity contribution is 6.02. The average Bonchev–Trinajstić information content (AvgIpc) is 2.80. The summed E-state index contributed by atoms with van der Waals surface area (Å²) in [7, 11) is 0. The van der Waals surface area contributed by atoms with E-state index < -0.39 is 5.60 Å². The fourth-order valence-electron chi connectivity index (χ4n) is 2.08. The second-order valence-electron chi connectivity index (χ2n) is 3.61. The molecule has 0 aromatic heterocycles. The molecule has 3 atom stereocenters. The zero-order chi connectivity index (χ0) is 9.05. The molecule has 2 fully saturated rings. The highest BCUT2D eigenvalue weighted by atomic mass is 16.6. The second-order valence-corrected chi connectivity index (χ2v) is 3.61. The van der Waals surface area contributed by atoms with Gasteiger partial charge in [-0.1, -0.05) is 0 Å². The van der Waals surface area contributed by atoms with Crippen molar-refractivity contribution in [2.45, 2.75) is 30.7 Å². The summed E-state index contributed by atoms with van der Waals surface area (Å²) in [6.45, 7) is 0. The van der Waals surface area contributed by atoms with Crippen LogP contribution in [0.4, 0.5) is 0 Å². The van der Waals surface area contributed by atoms with Crippen LogP contribution in [0.3, 0.4) is 0 Å². The van der Waals surface area contributed by atoms with Gasteiger partial charge in [0.05, 0.1) is 0 Å². The predicted molar refractivity (Wildman–Crippen MR) is 40.9 cm³/mol. The third-order valence-electron chi connectivity index (χ3n) is 2.84. The summed E-state index contributed by atoms with van der Waals surface area (Å²) >= 11 is 0. The van der Waals surface area contributed by atoms with Gasteiger partial charge in [0, 0.05) is 12.8 Å². The van der Waals surface area contributed by atoms with Gasteiger partial charge < -0.3 is 9.47 Å². The summed E-state index contributed by atoms with van der Waals surface area (Å²) < 4.78 is 10.3. The van der Waals surface area contributed by atoms with E-state index in [0.717, 1.165) is 0 Å². The monoisotopic (exact) mass is 180 g/mol. The molecule has 2 aliphatic heterocycles. The quantitative estimate of drug-likeness (QED) is 0.388. The molecule has 3 rings (SSSR count). The highest BCUT2D eigenvalue weighted by Crippen LogP contribution is 2.45. The van der Waals surface area contributed by atoms with Crippen LogP contribution in [0.15, 0.2) is 12.2 Å². The van der Waals surface area contributed by atoms with E-state index in [-0.39, 0.29) is 24.0 Å². The highest BCUT2D eigenvalue weighted by Gasteiger charge is 2.64. The van der Waals surface area contributed by atoms with Gasteiger partial charge in [0.1, 0.15) is 12.2 Å². The lowest BCUT2D eigenvalue weighted by Crippen LogP contribution is -2.45. The van der Waals surface area contributed by atoms with Crippen molar-refractivity contribution < 1.29 is 19.1 Å². The maximum absolute atomic E-state index is 11.6. The minimum Gasteiger partial charge on any atom is -0.448 e. The summed E-state index contributed by atoms with van der Waals surface area (Å²) in [5.41, 5.74) is -0.962. The molecule has 2 saturated heterocycles. The molecule has 0 unspecified atom stereocenters. The summed E-state index contributed by atoms with van der Waals surface area (Å²) in [5, 5.41) is 0. The van der Waals surface area contributed by atoms with E-state index in [1.54, 1.807) is 6.08 Å². The molecule has 0 aromatic rings. The Balaban J connectivity index is 2.01. The van der Waals surface area contributed by atoms with E-state index >= 15 is 0 Å². The van der Waals surface area contributed by atoms with E-state index in [1.807, 2.05) is 0 Å². The van der Waals surface area contributed by atoms with Crippen molar-refractivity contribution in [3.05, 3.63) is 12.2 Å². The predicted octanol–water partition coefficient (Wildman–Crippen LogP) is -0.0315. The molecule has 0 N–H and O–H groups in total. The number of ether oxygens (including phenoxy) is 2. The smallest absolute Gasteiger partial charge is 0.307 e. The first-order valence-corrected chi connectivity index (χ1v) is 4.32. The number of carbonyl (C=O) groups is 2. The Morgan fingerprint density at radius 2 is 2.31 bits per heavy atom. The molecule has 4 nitrogen and oxygen atoms in total. The van der Waals surface area contributed by atoms with Gasteiger partial charge in [0.2, 0.25) is 11.4 Å². The normalized spacial score (nSPS) is 46.5. The van der Waals surface area contributed by atoms with Gasteiger partial charge >= 0.3 is 5.97 Å². The van der Waals surface area contributed by atoms with Crippen LogP contribution in [-0.2, 0) is 19.1 Å². The number of carbonyl (C=O) groups excluding carboxylic acids is 2. The molecule has 1 aliphatic carbocycles. The van der Waals surface area contributed by atoms with Crippen molar-refractivity contribution in [2.24, 2.45) is 0 Å². The molecule has 0 radical (unpaired) electrons. The SMILES string of the molecule is O=C1CC[C@@]2(O1)C(=O)C=C[C@H]1O[C@H]12. The number of fused-ring (bicyclic) bond motifs is 2. The summed E-state index contributed by atoms with van der Waals surface area (Å²) in [4.78, 5) is 22.5. The van der Waals surface area contributed by atoms with Crippen LogP contribution in [-0.4, -0.2) is 29.6 Å². The van der Waals surface area contributed by atoms with Gasteiger partial charge in [-0.25, -0.2) is 0 Å². The van der Waals surface area contributed by atoms with Crippen molar-refractivity contribution in [2.75, 3.05) is 0 Å². The van der Waals surface area contributed by atoms with Gasteiger partial charge in [-0.2, -0.15) is 0 Å². The molecule has 0 amide bonds. The van der Waals surface area contributed by atoms with E-state index in [4.69, 9.17) is 9.47 Å². The maximum Gasteiger partial charge on any atom is 0.307 e. The fraction of sp³-hybridized carbons (Fsp3) is 0.556. The van der Waals surface area contributed by atoms with Crippen LogP contribution in [0.25, 0.3) is 0 Å². The minimum atomic E-state index is -0.962. The maximum atomic E-state index is 11.6. The van der Waals surface area contributed by atoms with E-state index in [1.165, 1.54) is 6.08 Å². The Hall–Kier alpha value is -1.16. The summed E-state index contributed by atoms with van der Waals surface area (Å²) in [6.07, 6.45) is 3.76. The Morgan fingerprint density at radius 3 is 3.00 bits per heavy atom. The summed E-state index contributed by atoms with van der Waals surface area (Å²) in [6, 6.07) is 0. The van der Waals surface area contributed by atoms with Gasteiger partial charge in [0.25, 0.3) is 0 Å². The molecule has 0 saturated carbocycles. The van der Waals surface area contributed by atoms with Crippen LogP contribution in [0.5, 0.6) is 0 Å². The molecule has 68 valence electrons. The van der Waals surface area contributed by atoms with Gasteiger partial charge in [-0.3, -0.25) is 9.59 Å². The molecule has 2 heterocycles. The number of hydrogen-bond acceptors (Lipinski definition) is 4. The molecular formula is C9H8O4. The lowest BCUT2D eigenvalue weighted by Gasteiger charge is -2.24. The van der Waals surface area contributed by atoms with Crippen molar-refractivity contribution in [3.63, 3.8) is 0 Å². The number of hydrogen-bond donors (Lipinski definition) is 0. The molecule has 3 aliphatic rings. The summed E-state index contributed by atoms with van der Waals surface area (Å²) in [5.74, 6) is -0.421. The first-order valence-electron chi connectivity index (χ1n) is 4.32. The number of rotatable bonds is 0. The molecule has 0 bridgehead atoms. The van der Waals surface area contributed by atoms with Crippen LogP contribution in [0, 0.1) is 0 Å². The third-order valence-corrected chi connectivity index (χ3v) is 2.84. The average molecular weight is 180 g/mol. The second kappa shape index (κ2) is 2.01. The van der Waals surface area contributed by atoms with E-state index in [0.29, 0.717) is 12.8 Å². The topological polar surface area (TPSA) is 55.9 Å².